The number of furan rings is 1. The van der Waals surface area contributed by atoms with E-state index in [9.17, 15) is 0 Å². The maximum Gasteiger partial charge on any atom is 0.157 e. The highest BCUT2D eigenvalue weighted by atomic mass is 35.5. The summed E-state index contributed by atoms with van der Waals surface area (Å²) in [6.07, 6.45) is 2.51. The van der Waals surface area contributed by atoms with Gasteiger partial charge in [0.15, 0.2) is 5.75 Å². The summed E-state index contributed by atoms with van der Waals surface area (Å²) in [5.74, 6) is 2.04. The number of halogens is 3. The van der Waals surface area contributed by atoms with E-state index < -0.39 is 0 Å². The van der Waals surface area contributed by atoms with Gasteiger partial charge in [-0.1, -0.05) is 34.8 Å². The third-order valence-electron chi connectivity index (χ3n) is 3.18. The molecule has 1 saturated carbocycles. The Hall–Kier alpha value is -0.870. The summed E-state index contributed by atoms with van der Waals surface area (Å²) in [5, 5.41) is 4.64. The average Bonchev–Trinajstić information content (AvgIpc) is 3.14. The summed E-state index contributed by atoms with van der Waals surface area (Å²) < 4.78 is 11.3. The van der Waals surface area contributed by atoms with Crippen LogP contribution in [-0.4, -0.2) is 6.04 Å². The van der Waals surface area contributed by atoms with Crippen molar-refractivity contribution in [3.05, 3.63) is 50.9 Å². The molecule has 112 valence electrons. The van der Waals surface area contributed by atoms with E-state index in [4.69, 9.17) is 44.0 Å². The summed E-state index contributed by atoms with van der Waals surface area (Å²) in [4.78, 5) is 0. The van der Waals surface area contributed by atoms with Crippen molar-refractivity contribution in [2.75, 3.05) is 0 Å². The summed E-state index contributed by atoms with van der Waals surface area (Å²) in [6.45, 7) is 1.01. The van der Waals surface area contributed by atoms with Gasteiger partial charge in [-0.3, -0.25) is 0 Å². The lowest BCUT2D eigenvalue weighted by atomic mass is 10.3. The van der Waals surface area contributed by atoms with Crippen molar-refractivity contribution in [3.63, 3.8) is 0 Å². The molecule has 3 rings (SSSR count). The Labute approximate surface area is 138 Å². The number of nitrogens with one attached hydrogen (secondary N) is 1. The van der Waals surface area contributed by atoms with Crippen LogP contribution in [0.1, 0.15) is 24.4 Å². The molecule has 2 aromatic rings. The quantitative estimate of drug-likeness (QED) is 0.793. The van der Waals surface area contributed by atoms with Crippen LogP contribution in [0.3, 0.4) is 0 Å². The molecule has 0 amide bonds. The zero-order valence-corrected chi connectivity index (χ0v) is 13.4. The maximum absolute atomic E-state index is 6.06. The largest absolute Gasteiger partial charge is 0.483 e. The van der Waals surface area contributed by atoms with Crippen molar-refractivity contribution in [3.8, 4) is 5.75 Å². The molecule has 0 aliphatic heterocycles. The summed E-state index contributed by atoms with van der Waals surface area (Å²) in [6, 6.07) is 7.68. The lowest BCUT2D eigenvalue weighted by Crippen LogP contribution is -2.14. The van der Waals surface area contributed by atoms with Crippen molar-refractivity contribution in [1.29, 1.82) is 0 Å². The van der Waals surface area contributed by atoms with Gasteiger partial charge in [0.2, 0.25) is 0 Å². The Bertz CT molecular complexity index is 615. The highest BCUT2D eigenvalue weighted by Gasteiger charge is 2.20. The molecule has 1 aliphatic carbocycles. The van der Waals surface area contributed by atoms with Crippen molar-refractivity contribution < 1.29 is 9.15 Å². The molecular formula is C15H14Cl3NO2. The van der Waals surface area contributed by atoms with Crippen molar-refractivity contribution in [2.45, 2.75) is 32.0 Å². The minimum absolute atomic E-state index is 0.268. The molecule has 0 bridgehead atoms. The molecule has 1 fully saturated rings. The number of hydrogen-bond acceptors (Lipinski definition) is 3. The van der Waals surface area contributed by atoms with Crippen molar-refractivity contribution in [1.82, 2.24) is 5.32 Å². The molecule has 3 nitrogen and oxygen atoms in total. The number of benzene rings is 1. The number of rotatable bonds is 6. The molecule has 0 saturated heterocycles. The van der Waals surface area contributed by atoms with Crippen molar-refractivity contribution >= 4 is 34.8 Å². The molecule has 0 unspecified atom stereocenters. The van der Waals surface area contributed by atoms with Gasteiger partial charge in [-0.2, -0.15) is 0 Å². The Kier molecular flexibility index (Phi) is 4.65. The topological polar surface area (TPSA) is 34.4 Å². The standard InChI is InChI=1S/C15H14Cl3NO2/c16-9-5-13(17)15(14(18)6-9)20-8-12-4-3-11(21-12)7-19-10-1-2-10/h3-6,10,19H,1-2,7-8H2. The van der Waals surface area contributed by atoms with Crippen LogP contribution in [0.4, 0.5) is 0 Å². The predicted octanol–water partition coefficient (Wildman–Crippen LogP) is 5.07. The smallest absolute Gasteiger partial charge is 0.157 e. The molecule has 0 spiro atoms. The average molecular weight is 347 g/mol. The fourth-order valence-corrected chi connectivity index (χ4v) is 2.86. The maximum atomic E-state index is 6.06. The Morgan fingerprint density at radius 2 is 1.76 bits per heavy atom. The monoisotopic (exact) mass is 345 g/mol. The second-order valence-corrected chi connectivity index (χ2v) is 6.26. The fraction of sp³-hybridized carbons (Fsp3) is 0.333. The molecule has 21 heavy (non-hydrogen) atoms. The highest BCUT2D eigenvalue weighted by molar-refractivity contribution is 6.40. The Morgan fingerprint density at radius 1 is 1.10 bits per heavy atom. The summed E-state index contributed by atoms with van der Waals surface area (Å²) >= 11 is 18.0. The second kappa shape index (κ2) is 6.49. The zero-order chi connectivity index (χ0) is 14.8. The molecular weight excluding hydrogens is 333 g/mol. The summed E-state index contributed by atoms with van der Waals surface area (Å²) in [5.41, 5.74) is 0. The molecule has 1 aliphatic rings. The molecule has 0 radical (unpaired) electrons. The van der Waals surface area contributed by atoms with Crippen LogP contribution < -0.4 is 10.1 Å². The van der Waals surface area contributed by atoms with Crippen LogP contribution in [0.5, 0.6) is 5.75 Å². The van der Waals surface area contributed by atoms with Gasteiger partial charge in [0.25, 0.3) is 0 Å². The van der Waals surface area contributed by atoms with E-state index in [0.717, 1.165) is 18.1 Å². The van der Waals surface area contributed by atoms with Gasteiger partial charge in [0, 0.05) is 11.1 Å². The van der Waals surface area contributed by atoms with E-state index in [1.807, 2.05) is 12.1 Å². The van der Waals surface area contributed by atoms with Gasteiger partial charge < -0.3 is 14.5 Å². The predicted molar refractivity (Wildman–Crippen MR) is 84.4 cm³/mol. The molecule has 1 N–H and O–H groups in total. The van der Waals surface area contributed by atoms with Gasteiger partial charge in [-0.15, -0.1) is 0 Å². The summed E-state index contributed by atoms with van der Waals surface area (Å²) in [7, 11) is 0. The Balaban J connectivity index is 1.59. The van der Waals surface area contributed by atoms with E-state index in [1.54, 1.807) is 12.1 Å². The number of ether oxygens (including phenoxy) is 1. The first-order chi connectivity index (χ1) is 10.1. The van der Waals surface area contributed by atoms with Crippen LogP contribution >= 0.6 is 34.8 Å². The van der Waals surface area contributed by atoms with E-state index in [2.05, 4.69) is 5.32 Å². The number of hydrogen-bond donors (Lipinski definition) is 1. The lowest BCUT2D eigenvalue weighted by molar-refractivity contribution is 0.265. The molecule has 1 aromatic heterocycles. The van der Waals surface area contributed by atoms with Gasteiger partial charge in [-0.25, -0.2) is 0 Å². The van der Waals surface area contributed by atoms with E-state index >= 15 is 0 Å². The first-order valence-electron chi connectivity index (χ1n) is 6.70. The molecule has 0 atom stereocenters. The highest BCUT2D eigenvalue weighted by Crippen LogP contribution is 2.36. The first-order valence-corrected chi connectivity index (χ1v) is 7.83. The normalized spacial score (nSPS) is 14.4. The zero-order valence-electron chi connectivity index (χ0n) is 11.2. The van der Waals surface area contributed by atoms with Crippen LogP contribution in [-0.2, 0) is 13.2 Å². The SMILES string of the molecule is Clc1cc(Cl)c(OCc2ccc(CNC3CC3)o2)c(Cl)c1. The van der Waals surface area contributed by atoms with Gasteiger partial charge in [-0.05, 0) is 37.1 Å². The fourth-order valence-electron chi connectivity index (χ4n) is 1.94. The van der Waals surface area contributed by atoms with E-state index in [-0.39, 0.29) is 6.61 Å². The van der Waals surface area contributed by atoms with E-state index in [0.29, 0.717) is 26.9 Å². The molecule has 6 heteroatoms. The van der Waals surface area contributed by atoms with Crippen LogP contribution in [0.15, 0.2) is 28.7 Å². The van der Waals surface area contributed by atoms with Crippen molar-refractivity contribution in [2.24, 2.45) is 0 Å². The molecule has 1 heterocycles. The second-order valence-electron chi connectivity index (χ2n) is 5.01. The van der Waals surface area contributed by atoms with Gasteiger partial charge >= 0.3 is 0 Å². The molecule has 1 aromatic carbocycles. The van der Waals surface area contributed by atoms with Crippen LogP contribution in [0.25, 0.3) is 0 Å². The van der Waals surface area contributed by atoms with Gasteiger partial charge in [0.05, 0.1) is 16.6 Å². The Morgan fingerprint density at radius 3 is 2.43 bits per heavy atom. The van der Waals surface area contributed by atoms with Crippen LogP contribution in [0, 0.1) is 0 Å². The first kappa shape index (κ1) is 15.0. The van der Waals surface area contributed by atoms with Crippen LogP contribution in [0.2, 0.25) is 15.1 Å². The minimum atomic E-state index is 0.268. The van der Waals surface area contributed by atoms with E-state index in [1.165, 1.54) is 12.8 Å². The minimum Gasteiger partial charge on any atom is -0.483 e. The van der Waals surface area contributed by atoms with Gasteiger partial charge in [0.1, 0.15) is 18.1 Å². The lowest BCUT2D eigenvalue weighted by Gasteiger charge is -2.09. The third kappa shape index (κ3) is 4.07. The third-order valence-corrected chi connectivity index (χ3v) is 3.96.